The number of benzene rings is 1. The lowest BCUT2D eigenvalue weighted by molar-refractivity contribution is 0.416. The molecule has 2 rings (SSSR count). The second-order valence-corrected chi connectivity index (χ2v) is 4.46. The summed E-state index contributed by atoms with van der Waals surface area (Å²) in [6.45, 7) is 3.72. The summed E-state index contributed by atoms with van der Waals surface area (Å²) in [7, 11) is 1.62. The molecule has 0 saturated carbocycles. The molecular formula is C16H18N2O2. The third-order valence-electron chi connectivity index (χ3n) is 3.08. The van der Waals surface area contributed by atoms with E-state index in [0.29, 0.717) is 12.1 Å². The Morgan fingerprint density at radius 3 is 2.85 bits per heavy atom. The number of rotatable bonds is 6. The average Bonchev–Trinajstić information content (AvgIpc) is 2.95. The monoisotopic (exact) mass is 270 g/mol. The smallest absolute Gasteiger partial charge is 0.126 e. The first kappa shape index (κ1) is 14.2. The number of hydrogen-bond acceptors (Lipinski definition) is 4. The van der Waals surface area contributed by atoms with Crippen LogP contribution < -0.4 is 10.1 Å². The molecule has 1 heterocycles. The van der Waals surface area contributed by atoms with Crippen molar-refractivity contribution in [2.75, 3.05) is 13.7 Å². The van der Waals surface area contributed by atoms with Gasteiger partial charge in [-0.2, -0.15) is 5.26 Å². The van der Waals surface area contributed by atoms with Crippen LogP contribution in [0, 0.1) is 11.3 Å². The fraction of sp³-hybridized carbons (Fsp3) is 0.312. The molecule has 4 nitrogen and oxygen atoms in total. The molecule has 0 aliphatic rings. The Morgan fingerprint density at radius 2 is 2.15 bits per heavy atom. The summed E-state index contributed by atoms with van der Waals surface area (Å²) < 4.78 is 10.9. The van der Waals surface area contributed by atoms with Gasteiger partial charge in [0.25, 0.3) is 0 Å². The highest BCUT2D eigenvalue weighted by molar-refractivity contribution is 5.73. The highest BCUT2D eigenvalue weighted by Crippen LogP contribution is 2.33. The summed E-state index contributed by atoms with van der Waals surface area (Å²) in [6.07, 6.45) is 2.74. The van der Waals surface area contributed by atoms with Gasteiger partial charge in [-0.05, 0) is 37.2 Å². The molecule has 1 aromatic heterocycles. The van der Waals surface area contributed by atoms with Gasteiger partial charge in [0, 0.05) is 11.1 Å². The van der Waals surface area contributed by atoms with Crippen LogP contribution in [0.1, 0.15) is 24.7 Å². The minimum atomic E-state index is 0.606. The maximum atomic E-state index is 9.04. The highest BCUT2D eigenvalue weighted by Gasteiger charge is 2.13. The van der Waals surface area contributed by atoms with E-state index in [1.807, 2.05) is 18.2 Å². The van der Waals surface area contributed by atoms with Crippen molar-refractivity contribution in [3.05, 3.63) is 41.9 Å². The molecule has 20 heavy (non-hydrogen) atoms. The standard InChI is InChI=1S/C16H18N2O2/c1-3-7-18-11-16-13(6-8-20-16)14-9-12(10-17)4-5-15(14)19-2/h4-6,8-9,18H,3,7,11H2,1-2H3. The first-order chi connectivity index (χ1) is 9.80. The third kappa shape index (κ3) is 3.01. The lowest BCUT2D eigenvalue weighted by atomic mass is 10.0. The molecule has 0 bridgehead atoms. The summed E-state index contributed by atoms with van der Waals surface area (Å²) in [5.41, 5.74) is 2.45. The normalized spacial score (nSPS) is 10.2. The van der Waals surface area contributed by atoms with Crippen LogP contribution in [0.2, 0.25) is 0 Å². The average molecular weight is 270 g/mol. The predicted octanol–water partition coefficient (Wildman–Crippen LogP) is 3.33. The molecule has 104 valence electrons. The van der Waals surface area contributed by atoms with Crippen molar-refractivity contribution in [2.24, 2.45) is 0 Å². The molecule has 0 unspecified atom stereocenters. The van der Waals surface area contributed by atoms with Gasteiger partial charge >= 0.3 is 0 Å². The van der Waals surface area contributed by atoms with E-state index in [-0.39, 0.29) is 0 Å². The molecule has 1 N–H and O–H groups in total. The second kappa shape index (κ2) is 6.78. The molecule has 0 radical (unpaired) electrons. The molecule has 0 atom stereocenters. The van der Waals surface area contributed by atoms with Gasteiger partial charge in [-0.3, -0.25) is 0 Å². The Bertz CT molecular complexity index is 611. The Morgan fingerprint density at radius 1 is 1.30 bits per heavy atom. The molecule has 0 amide bonds. The molecule has 4 heteroatoms. The van der Waals surface area contributed by atoms with Gasteiger partial charge < -0.3 is 14.5 Å². The summed E-state index contributed by atoms with van der Waals surface area (Å²) in [5, 5.41) is 12.4. The largest absolute Gasteiger partial charge is 0.496 e. The number of nitriles is 1. The second-order valence-electron chi connectivity index (χ2n) is 4.46. The van der Waals surface area contributed by atoms with Crippen LogP contribution in [0.15, 0.2) is 34.9 Å². The minimum Gasteiger partial charge on any atom is -0.496 e. The maximum absolute atomic E-state index is 9.04. The van der Waals surface area contributed by atoms with Crippen LogP contribution in [0.4, 0.5) is 0 Å². The molecule has 2 aromatic rings. The first-order valence-electron chi connectivity index (χ1n) is 6.65. The van der Waals surface area contributed by atoms with Gasteiger partial charge in [0.2, 0.25) is 0 Å². The lowest BCUT2D eigenvalue weighted by Crippen LogP contribution is -2.13. The fourth-order valence-electron chi connectivity index (χ4n) is 2.08. The van der Waals surface area contributed by atoms with Crippen molar-refractivity contribution in [3.63, 3.8) is 0 Å². The zero-order chi connectivity index (χ0) is 14.4. The molecule has 1 aromatic carbocycles. The number of nitrogens with zero attached hydrogens (tertiary/aromatic N) is 1. The first-order valence-corrected chi connectivity index (χ1v) is 6.65. The van der Waals surface area contributed by atoms with Gasteiger partial charge in [0.05, 0.1) is 31.6 Å². The number of nitrogens with one attached hydrogen (secondary N) is 1. The van der Waals surface area contributed by atoms with Crippen LogP contribution in [0.3, 0.4) is 0 Å². The number of furan rings is 1. The van der Waals surface area contributed by atoms with Crippen LogP contribution in [0.25, 0.3) is 11.1 Å². The summed E-state index contributed by atoms with van der Waals surface area (Å²) in [5.74, 6) is 1.59. The summed E-state index contributed by atoms with van der Waals surface area (Å²) in [4.78, 5) is 0. The molecule has 0 aliphatic carbocycles. The van der Waals surface area contributed by atoms with E-state index >= 15 is 0 Å². The predicted molar refractivity (Wildman–Crippen MR) is 77.4 cm³/mol. The molecule has 0 fully saturated rings. The van der Waals surface area contributed by atoms with E-state index in [1.165, 1.54) is 0 Å². The van der Waals surface area contributed by atoms with Crippen molar-refractivity contribution in [3.8, 4) is 22.9 Å². The number of methoxy groups -OCH3 is 1. The summed E-state index contributed by atoms with van der Waals surface area (Å²) >= 11 is 0. The maximum Gasteiger partial charge on any atom is 0.126 e. The zero-order valence-electron chi connectivity index (χ0n) is 11.8. The van der Waals surface area contributed by atoms with Gasteiger partial charge in [0.1, 0.15) is 11.5 Å². The van der Waals surface area contributed by atoms with Gasteiger partial charge in [0.15, 0.2) is 0 Å². The van der Waals surface area contributed by atoms with Crippen molar-refractivity contribution in [2.45, 2.75) is 19.9 Å². The highest BCUT2D eigenvalue weighted by atomic mass is 16.5. The Hall–Kier alpha value is -2.25. The number of ether oxygens (including phenoxy) is 1. The molecule has 0 saturated heterocycles. The van der Waals surface area contributed by atoms with E-state index in [4.69, 9.17) is 14.4 Å². The van der Waals surface area contributed by atoms with Crippen LogP contribution in [-0.2, 0) is 6.54 Å². The molecule has 0 aliphatic heterocycles. The van der Waals surface area contributed by atoms with E-state index in [0.717, 1.165) is 35.6 Å². The van der Waals surface area contributed by atoms with Crippen molar-refractivity contribution in [1.82, 2.24) is 5.32 Å². The SMILES string of the molecule is CCCNCc1occc1-c1cc(C#N)ccc1OC. The van der Waals surface area contributed by atoms with Crippen LogP contribution in [-0.4, -0.2) is 13.7 Å². The van der Waals surface area contributed by atoms with E-state index in [2.05, 4.69) is 18.3 Å². The van der Waals surface area contributed by atoms with Crippen LogP contribution >= 0.6 is 0 Å². The summed E-state index contributed by atoms with van der Waals surface area (Å²) in [6, 6.07) is 9.44. The van der Waals surface area contributed by atoms with Crippen molar-refractivity contribution in [1.29, 1.82) is 5.26 Å². The third-order valence-corrected chi connectivity index (χ3v) is 3.08. The zero-order valence-corrected chi connectivity index (χ0v) is 11.8. The quantitative estimate of drug-likeness (QED) is 0.818. The van der Waals surface area contributed by atoms with Gasteiger partial charge in [-0.15, -0.1) is 0 Å². The van der Waals surface area contributed by atoms with Crippen molar-refractivity contribution >= 4 is 0 Å². The topological polar surface area (TPSA) is 58.2 Å². The number of hydrogen-bond donors (Lipinski definition) is 1. The van der Waals surface area contributed by atoms with Crippen LogP contribution in [0.5, 0.6) is 5.75 Å². The minimum absolute atomic E-state index is 0.606. The van der Waals surface area contributed by atoms with Crippen molar-refractivity contribution < 1.29 is 9.15 Å². The lowest BCUT2D eigenvalue weighted by Gasteiger charge is -2.09. The van der Waals surface area contributed by atoms with Gasteiger partial charge in [-0.1, -0.05) is 6.92 Å². The molecule has 0 spiro atoms. The Kier molecular flexibility index (Phi) is 4.80. The Balaban J connectivity index is 2.36. The van der Waals surface area contributed by atoms with E-state index in [1.54, 1.807) is 19.4 Å². The Labute approximate surface area is 119 Å². The van der Waals surface area contributed by atoms with Gasteiger partial charge in [-0.25, -0.2) is 0 Å². The molecular weight excluding hydrogens is 252 g/mol. The van der Waals surface area contributed by atoms with E-state index < -0.39 is 0 Å². The fourth-order valence-corrected chi connectivity index (χ4v) is 2.08. The van der Waals surface area contributed by atoms with E-state index in [9.17, 15) is 0 Å².